The zero-order valence-corrected chi connectivity index (χ0v) is 32.8. The minimum atomic E-state index is -4.38. The molecule has 4 heterocycles. The number of carboxylic acids is 1. The summed E-state index contributed by atoms with van der Waals surface area (Å²) in [5, 5.41) is 19.1. The van der Waals surface area contributed by atoms with Gasteiger partial charge in [-0.05, 0) is 73.9 Å². The van der Waals surface area contributed by atoms with Gasteiger partial charge in [-0.1, -0.05) is 107 Å². The second kappa shape index (κ2) is 20.4. The zero-order valence-electron chi connectivity index (χ0n) is 32.0. The maximum Gasteiger partial charge on any atom is 0.416 e. The largest absolute Gasteiger partial charge is 0.476 e. The van der Waals surface area contributed by atoms with Crippen molar-refractivity contribution in [2.45, 2.75) is 49.9 Å². The van der Waals surface area contributed by atoms with Crippen molar-refractivity contribution in [2.24, 2.45) is 0 Å². The first-order chi connectivity index (χ1) is 28.3. The fraction of sp³-hybridized carbons (Fsp3) is 0.273. The first-order valence-electron chi connectivity index (χ1n) is 18.9. The van der Waals surface area contributed by atoms with Crippen LogP contribution in [0.25, 0.3) is 22.6 Å². The summed E-state index contributed by atoms with van der Waals surface area (Å²) in [5.41, 5.74) is 1.46. The summed E-state index contributed by atoms with van der Waals surface area (Å²) in [6.07, 6.45) is -6.09. The number of aromatic carboxylic acids is 1. The summed E-state index contributed by atoms with van der Waals surface area (Å²) in [6.45, 7) is 2.36. The highest BCUT2D eigenvalue weighted by Gasteiger charge is 2.37. The zero-order chi connectivity index (χ0) is 42.0. The van der Waals surface area contributed by atoms with E-state index in [9.17, 15) is 35.9 Å². The Morgan fingerprint density at radius 2 is 1.00 bits per heavy atom. The molecule has 4 aromatic carbocycles. The van der Waals surface area contributed by atoms with E-state index in [1.165, 1.54) is 30.3 Å². The van der Waals surface area contributed by atoms with E-state index in [4.69, 9.17) is 14.2 Å². The van der Waals surface area contributed by atoms with E-state index in [0.29, 0.717) is 48.6 Å². The number of aromatic nitrogens is 2. The molecule has 6 aromatic rings. The number of rotatable bonds is 6. The van der Waals surface area contributed by atoms with Gasteiger partial charge in [0.25, 0.3) is 5.91 Å². The van der Waals surface area contributed by atoms with E-state index in [2.05, 4.69) is 15.6 Å². The van der Waals surface area contributed by atoms with E-state index < -0.39 is 29.4 Å². The van der Waals surface area contributed by atoms with Crippen molar-refractivity contribution in [3.05, 3.63) is 155 Å². The third-order valence-electron chi connectivity index (χ3n) is 10.1. The number of carboxylic acid groups (broad SMARTS) is 1. The van der Waals surface area contributed by atoms with Crippen LogP contribution in [0, 0.1) is 0 Å². The lowest BCUT2D eigenvalue weighted by Crippen LogP contribution is -2.38. The van der Waals surface area contributed by atoms with Gasteiger partial charge in [-0.3, -0.25) is 4.79 Å². The van der Waals surface area contributed by atoms with Gasteiger partial charge in [0.05, 0.1) is 11.1 Å². The van der Waals surface area contributed by atoms with Gasteiger partial charge < -0.3 is 24.4 Å². The number of benzene rings is 4. The minimum Gasteiger partial charge on any atom is -0.476 e. The van der Waals surface area contributed by atoms with Crippen molar-refractivity contribution in [1.29, 1.82) is 0 Å². The molecule has 0 radical (unpaired) electrons. The molecule has 0 aliphatic carbocycles. The average molecular weight is 855 g/mol. The number of carbonyl (C=O) groups is 2. The Bertz CT molecular complexity index is 2290. The molecule has 2 aliphatic heterocycles. The summed E-state index contributed by atoms with van der Waals surface area (Å²) in [4.78, 5) is 24.9. The summed E-state index contributed by atoms with van der Waals surface area (Å²) in [6, 6.07) is 33.2. The minimum absolute atomic E-state index is 0. The molecule has 0 saturated carbocycles. The second-order valence-electron chi connectivity index (χ2n) is 14.0. The molecule has 0 atom stereocenters. The molecule has 2 saturated heterocycles. The molecule has 0 bridgehead atoms. The molecule has 0 unspecified atom stereocenters. The third kappa shape index (κ3) is 11.6. The fourth-order valence-electron chi connectivity index (χ4n) is 7.14. The van der Waals surface area contributed by atoms with Crippen LogP contribution in [0.3, 0.4) is 0 Å². The highest BCUT2D eigenvalue weighted by atomic mass is 35.5. The SMILES string of the molecule is Cl.FC(F)(F)c1ccccc1C1CCNCC1.O=C(O)c1cc(-c2ccccc2)on1.O=C(c1cc(-c2ccccc2)on1)N1CCC(c2ccccc2C(F)(F)F)CC1. The van der Waals surface area contributed by atoms with Crippen molar-refractivity contribution in [3.63, 3.8) is 0 Å². The number of alkyl halides is 6. The molecule has 8 rings (SSSR count). The second-order valence-corrected chi connectivity index (χ2v) is 14.0. The summed E-state index contributed by atoms with van der Waals surface area (Å²) in [5.74, 6) is -0.575. The topological polar surface area (TPSA) is 122 Å². The number of nitrogens with one attached hydrogen (secondary N) is 1. The van der Waals surface area contributed by atoms with E-state index in [-0.39, 0.29) is 41.5 Å². The molecule has 0 spiro atoms. The Labute approximate surface area is 347 Å². The number of carbonyl (C=O) groups excluding carboxylic acids is 1. The Balaban J connectivity index is 0.000000186. The number of hydrogen-bond acceptors (Lipinski definition) is 7. The normalized spacial score (nSPS) is 14.8. The number of piperidine rings is 2. The summed E-state index contributed by atoms with van der Waals surface area (Å²) < 4.78 is 88.4. The molecular formula is C44H41ClF6N4O5. The number of nitrogens with zero attached hydrogens (tertiary/aromatic N) is 3. The fourth-order valence-corrected chi connectivity index (χ4v) is 7.14. The molecule has 60 heavy (non-hydrogen) atoms. The quantitative estimate of drug-likeness (QED) is 0.159. The van der Waals surface area contributed by atoms with Gasteiger partial charge in [-0.25, -0.2) is 4.79 Å². The van der Waals surface area contributed by atoms with Gasteiger partial charge in [-0.2, -0.15) is 26.3 Å². The van der Waals surface area contributed by atoms with Crippen molar-refractivity contribution in [2.75, 3.05) is 26.2 Å². The van der Waals surface area contributed by atoms with Gasteiger partial charge in [0.15, 0.2) is 22.9 Å². The van der Waals surface area contributed by atoms with Crippen LogP contribution < -0.4 is 5.32 Å². The van der Waals surface area contributed by atoms with E-state index in [1.807, 2.05) is 60.7 Å². The first kappa shape index (κ1) is 45.2. The lowest BCUT2D eigenvalue weighted by molar-refractivity contribution is -0.139. The lowest BCUT2D eigenvalue weighted by Gasteiger charge is -2.32. The van der Waals surface area contributed by atoms with E-state index >= 15 is 0 Å². The predicted molar refractivity (Wildman–Crippen MR) is 214 cm³/mol. The van der Waals surface area contributed by atoms with Crippen LogP contribution in [0.4, 0.5) is 26.3 Å². The van der Waals surface area contributed by atoms with Gasteiger partial charge >= 0.3 is 18.3 Å². The van der Waals surface area contributed by atoms with Crippen LogP contribution in [0.15, 0.2) is 130 Å². The molecule has 2 aromatic heterocycles. The van der Waals surface area contributed by atoms with Crippen molar-refractivity contribution < 1.29 is 50.1 Å². The van der Waals surface area contributed by atoms with Crippen molar-refractivity contribution in [1.82, 2.24) is 20.5 Å². The number of hydrogen-bond donors (Lipinski definition) is 2. The standard InChI is InChI=1S/C22H19F3N2O2.C12H14F3N.C10H7NO3.ClH/c23-22(24,25)18-9-5-4-8-17(18)15-10-12-27(13-11-15)21(28)19-14-20(29-26-19)16-6-2-1-3-7-16;13-12(14,15)11-4-2-1-3-10(11)9-5-7-16-8-6-9;12-10(13)8-6-9(14-11-8)7-4-2-1-3-5-7;/h1-9,14-15H,10-13H2;1-4,9,16H,5-8H2;1-6H,(H,12,13);1H. The maximum atomic E-state index is 13.3. The Morgan fingerprint density at radius 3 is 1.43 bits per heavy atom. The monoisotopic (exact) mass is 854 g/mol. The van der Waals surface area contributed by atoms with Crippen LogP contribution in [0.5, 0.6) is 0 Å². The van der Waals surface area contributed by atoms with Gasteiger partial charge in [0.2, 0.25) is 0 Å². The highest BCUT2D eigenvalue weighted by Crippen LogP contribution is 2.40. The third-order valence-corrected chi connectivity index (χ3v) is 10.1. The van der Waals surface area contributed by atoms with E-state index in [0.717, 1.165) is 43.1 Å². The molecule has 16 heteroatoms. The van der Waals surface area contributed by atoms with Crippen LogP contribution in [-0.2, 0) is 12.4 Å². The van der Waals surface area contributed by atoms with Crippen molar-refractivity contribution in [3.8, 4) is 22.6 Å². The van der Waals surface area contributed by atoms with Crippen molar-refractivity contribution >= 4 is 24.3 Å². The lowest BCUT2D eigenvalue weighted by atomic mass is 9.86. The highest BCUT2D eigenvalue weighted by molar-refractivity contribution is 5.93. The van der Waals surface area contributed by atoms with E-state index in [1.54, 1.807) is 29.2 Å². The van der Waals surface area contributed by atoms with Crippen LogP contribution in [-0.4, -0.2) is 58.4 Å². The molecule has 2 N–H and O–H groups in total. The van der Waals surface area contributed by atoms with Gasteiger partial charge in [0, 0.05) is 36.3 Å². The van der Waals surface area contributed by atoms with Crippen LogP contribution in [0.2, 0.25) is 0 Å². The molecular weight excluding hydrogens is 814 g/mol. The number of halogens is 7. The maximum absolute atomic E-state index is 13.3. The molecule has 2 fully saturated rings. The molecule has 9 nitrogen and oxygen atoms in total. The smallest absolute Gasteiger partial charge is 0.416 e. The number of likely N-dealkylation sites (tertiary alicyclic amines) is 1. The van der Waals surface area contributed by atoms with Gasteiger partial charge in [0.1, 0.15) is 0 Å². The molecule has 316 valence electrons. The average Bonchev–Trinajstić information content (AvgIpc) is 3.97. The molecule has 2 aliphatic rings. The van der Waals surface area contributed by atoms with Gasteiger partial charge in [-0.15, -0.1) is 12.4 Å². The van der Waals surface area contributed by atoms with Crippen LogP contribution >= 0.6 is 12.4 Å². The Kier molecular flexibility index (Phi) is 15.3. The summed E-state index contributed by atoms with van der Waals surface area (Å²) in [7, 11) is 0. The summed E-state index contributed by atoms with van der Waals surface area (Å²) >= 11 is 0. The number of amides is 1. The Morgan fingerprint density at radius 1 is 0.600 bits per heavy atom. The first-order valence-corrected chi connectivity index (χ1v) is 18.9. The van der Waals surface area contributed by atoms with Crippen LogP contribution in [0.1, 0.15) is 80.7 Å². The predicted octanol–water partition coefficient (Wildman–Crippen LogP) is 11.0. The Hall–Kier alpha value is -5.93. The molecule has 1 amide bonds.